The summed E-state index contributed by atoms with van der Waals surface area (Å²) in [6.45, 7) is 3.27. The van der Waals surface area contributed by atoms with E-state index in [9.17, 15) is 33.9 Å². The third kappa shape index (κ3) is 13.1. The monoisotopic (exact) mass is 515 g/mol. The predicted octanol–water partition coefficient (Wildman–Crippen LogP) is -4.30. The smallest absolute Gasteiger partial charge is 0.326 e. The minimum atomic E-state index is -1.35. The van der Waals surface area contributed by atoms with Gasteiger partial charge in [0.15, 0.2) is 5.96 Å². The van der Waals surface area contributed by atoms with E-state index < -0.39 is 72.0 Å². The van der Waals surface area contributed by atoms with Crippen LogP contribution in [0, 0.1) is 5.92 Å². The molecule has 0 radical (unpaired) electrons. The van der Waals surface area contributed by atoms with Gasteiger partial charge in [0.1, 0.15) is 18.1 Å². The standard InChI is InChI=1S/C20H37N9O7/c1-9(2)15(19(35)36)29-18(34)12(5-6-13(22)30)28-17(33)11(4-3-7-26-20(24)25)27-16(32)10(21)8-14(23)31/h9-12,15H,3-8,21H2,1-2H3,(H2,22,30)(H2,23,31)(H,27,32)(H,28,33)(H,29,34)(H,35,36)(H4,24,25,26). The molecule has 0 bridgehead atoms. The third-order valence-electron chi connectivity index (χ3n) is 4.88. The summed E-state index contributed by atoms with van der Waals surface area (Å²) in [5.74, 6) is -6.06. The van der Waals surface area contributed by atoms with E-state index in [1.165, 1.54) is 0 Å². The molecule has 16 nitrogen and oxygen atoms in total. The van der Waals surface area contributed by atoms with Crippen molar-refractivity contribution in [2.45, 2.75) is 70.1 Å². The number of nitrogens with two attached hydrogens (primary N) is 5. The van der Waals surface area contributed by atoms with E-state index in [1.54, 1.807) is 13.8 Å². The lowest BCUT2D eigenvalue weighted by Crippen LogP contribution is -2.57. The zero-order valence-electron chi connectivity index (χ0n) is 20.4. The Hall–Kier alpha value is -3.95. The minimum Gasteiger partial charge on any atom is -0.480 e. The first-order valence-electron chi connectivity index (χ1n) is 11.2. The van der Waals surface area contributed by atoms with Gasteiger partial charge in [-0.25, -0.2) is 4.79 Å². The molecule has 5 amide bonds. The van der Waals surface area contributed by atoms with Gasteiger partial charge in [0.25, 0.3) is 0 Å². The van der Waals surface area contributed by atoms with Crippen LogP contribution in [0.2, 0.25) is 0 Å². The lowest BCUT2D eigenvalue weighted by atomic mass is 10.0. The van der Waals surface area contributed by atoms with Gasteiger partial charge in [-0.05, 0) is 25.2 Å². The van der Waals surface area contributed by atoms with Crippen LogP contribution in [0.5, 0.6) is 0 Å². The predicted molar refractivity (Wildman–Crippen MR) is 128 cm³/mol. The fourth-order valence-corrected chi connectivity index (χ4v) is 2.96. The van der Waals surface area contributed by atoms with E-state index >= 15 is 0 Å². The van der Waals surface area contributed by atoms with Crippen LogP contribution in [-0.4, -0.2) is 77.3 Å². The van der Waals surface area contributed by atoms with Crippen LogP contribution >= 0.6 is 0 Å². The molecule has 0 rings (SSSR count). The van der Waals surface area contributed by atoms with Crippen LogP contribution in [-0.2, 0) is 28.8 Å². The van der Waals surface area contributed by atoms with Crippen molar-refractivity contribution in [3.63, 3.8) is 0 Å². The van der Waals surface area contributed by atoms with Gasteiger partial charge in [-0.2, -0.15) is 0 Å². The molecule has 0 aliphatic heterocycles. The van der Waals surface area contributed by atoms with E-state index in [4.69, 9.17) is 28.7 Å². The molecule has 0 aliphatic carbocycles. The molecule has 4 atom stereocenters. The number of aliphatic imine (C=N–C) groups is 1. The Labute approximate surface area is 208 Å². The normalized spacial score (nSPS) is 14.0. The van der Waals surface area contributed by atoms with Gasteiger partial charge in [0.2, 0.25) is 29.5 Å². The SMILES string of the molecule is CC(C)C(NC(=O)C(CCC(N)=O)NC(=O)C(CCCN=C(N)N)NC(=O)C(N)CC(N)=O)C(=O)O. The molecule has 0 spiro atoms. The highest BCUT2D eigenvalue weighted by Crippen LogP contribution is 2.07. The first kappa shape index (κ1) is 32.0. The van der Waals surface area contributed by atoms with E-state index in [2.05, 4.69) is 20.9 Å². The average molecular weight is 516 g/mol. The molecule has 16 heteroatoms. The van der Waals surface area contributed by atoms with Crippen molar-refractivity contribution in [1.29, 1.82) is 0 Å². The number of amides is 5. The first-order valence-corrected chi connectivity index (χ1v) is 11.2. The molecule has 0 aliphatic rings. The summed E-state index contributed by atoms with van der Waals surface area (Å²) < 4.78 is 0. The number of carboxylic acid groups (broad SMARTS) is 1. The Morgan fingerprint density at radius 2 is 1.33 bits per heavy atom. The number of hydrogen-bond donors (Lipinski definition) is 9. The summed E-state index contributed by atoms with van der Waals surface area (Å²) in [7, 11) is 0. The Bertz CT molecular complexity index is 843. The molecule has 14 N–H and O–H groups in total. The highest BCUT2D eigenvalue weighted by atomic mass is 16.4. The van der Waals surface area contributed by atoms with Crippen LogP contribution in [0.4, 0.5) is 0 Å². The number of guanidine groups is 1. The van der Waals surface area contributed by atoms with E-state index in [1.807, 2.05) is 0 Å². The van der Waals surface area contributed by atoms with Gasteiger partial charge < -0.3 is 49.7 Å². The van der Waals surface area contributed by atoms with Crippen molar-refractivity contribution >= 4 is 41.5 Å². The molecule has 0 aromatic heterocycles. The quantitative estimate of drug-likeness (QED) is 0.0509. The van der Waals surface area contributed by atoms with Crippen molar-refractivity contribution < 1.29 is 33.9 Å². The Morgan fingerprint density at radius 1 is 0.806 bits per heavy atom. The van der Waals surface area contributed by atoms with Crippen molar-refractivity contribution in [2.24, 2.45) is 39.6 Å². The van der Waals surface area contributed by atoms with E-state index in [-0.39, 0.29) is 38.2 Å². The number of rotatable bonds is 17. The van der Waals surface area contributed by atoms with Crippen LogP contribution in [0.15, 0.2) is 4.99 Å². The summed E-state index contributed by atoms with van der Waals surface area (Å²) in [6, 6.07) is -5.17. The molecule has 0 saturated heterocycles. The number of hydrogen-bond acceptors (Lipinski definition) is 8. The number of nitrogens with zero attached hydrogens (tertiary/aromatic N) is 1. The van der Waals surface area contributed by atoms with Gasteiger partial charge in [-0.1, -0.05) is 13.8 Å². The summed E-state index contributed by atoms with van der Waals surface area (Å²) in [4.78, 5) is 75.7. The summed E-state index contributed by atoms with van der Waals surface area (Å²) >= 11 is 0. The fraction of sp³-hybridized carbons (Fsp3) is 0.650. The topological polar surface area (TPSA) is 301 Å². The Kier molecular flexibility index (Phi) is 14.1. The zero-order chi connectivity index (χ0) is 28.0. The molecule has 0 saturated carbocycles. The first-order chi connectivity index (χ1) is 16.6. The fourth-order valence-electron chi connectivity index (χ4n) is 2.96. The van der Waals surface area contributed by atoms with Crippen LogP contribution in [0.1, 0.15) is 46.0 Å². The molecule has 4 unspecified atom stereocenters. The maximum absolute atomic E-state index is 13.0. The van der Waals surface area contributed by atoms with Crippen LogP contribution in [0.3, 0.4) is 0 Å². The van der Waals surface area contributed by atoms with Crippen LogP contribution < -0.4 is 44.6 Å². The van der Waals surface area contributed by atoms with Gasteiger partial charge >= 0.3 is 5.97 Å². The zero-order valence-corrected chi connectivity index (χ0v) is 20.4. The average Bonchev–Trinajstić information content (AvgIpc) is 2.75. The maximum atomic E-state index is 13.0. The van der Waals surface area contributed by atoms with Crippen molar-refractivity contribution in [1.82, 2.24) is 16.0 Å². The van der Waals surface area contributed by atoms with Crippen molar-refractivity contribution in [3.8, 4) is 0 Å². The second kappa shape index (κ2) is 15.9. The van der Waals surface area contributed by atoms with Crippen LogP contribution in [0.25, 0.3) is 0 Å². The number of carbonyl (C=O) groups is 6. The van der Waals surface area contributed by atoms with Gasteiger partial charge in [-0.3, -0.25) is 29.0 Å². The van der Waals surface area contributed by atoms with Crippen molar-refractivity contribution in [3.05, 3.63) is 0 Å². The highest BCUT2D eigenvalue weighted by Gasteiger charge is 2.31. The lowest BCUT2D eigenvalue weighted by molar-refractivity contribution is -0.143. The third-order valence-corrected chi connectivity index (χ3v) is 4.88. The molecule has 0 aromatic rings. The number of carboxylic acids is 1. The molecule has 0 fully saturated rings. The lowest BCUT2D eigenvalue weighted by Gasteiger charge is -2.26. The molecule has 36 heavy (non-hydrogen) atoms. The maximum Gasteiger partial charge on any atom is 0.326 e. The molecular weight excluding hydrogens is 478 g/mol. The summed E-state index contributed by atoms with van der Waals surface area (Å²) in [6.07, 6.45) is -0.751. The van der Waals surface area contributed by atoms with Crippen molar-refractivity contribution in [2.75, 3.05) is 6.54 Å². The van der Waals surface area contributed by atoms with E-state index in [0.717, 1.165) is 0 Å². The molecule has 204 valence electrons. The number of carbonyl (C=O) groups excluding carboxylic acids is 5. The van der Waals surface area contributed by atoms with Gasteiger partial charge in [0, 0.05) is 13.0 Å². The number of primary amides is 2. The Balaban J connectivity index is 5.69. The largest absolute Gasteiger partial charge is 0.480 e. The molecule has 0 aromatic carbocycles. The Morgan fingerprint density at radius 3 is 1.81 bits per heavy atom. The number of aliphatic carboxylic acids is 1. The minimum absolute atomic E-state index is 0.00550. The van der Waals surface area contributed by atoms with E-state index in [0.29, 0.717) is 0 Å². The second-order valence-corrected chi connectivity index (χ2v) is 8.42. The molecular formula is C20H37N9O7. The number of nitrogens with one attached hydrogen (secondary N) is 3. The van der Waals surface area contributed by atoms with Gasteiger partial charge in [0.05, 0.1) is 12.5 Å². The highest BCUT2D eigenvalue weighted by molar-refractivity contribution is 5.95. The second-order valence-electron chi connectivity index (χ2n) is 8.42. The summed E-state index contributed by atoms with van der Waals surface area (Å²) in [5, 5.41) is 16.4. The van der Waals surface area contributed by atoms with Gasteiger partial charge in [-0.15, -0.1) is 0 Å². The summed E-state index contributed by atoms with van der Waals surface area (Å²) in [5.41, 5.74) is 26.4. The molecule has 0 heterocycles.